The fourth-order valence-electron chi connectivity index (χ4n) is 3.77. The van der Waals surface area contributed by atoms with E-state index < -0.39 is 0 Å². The third-order valence-corrected chi connectivity index (χ3v) is 5.47. The van der Waals surface area contributed by atoms with E-state index in [4.69, 9.17) is 0 Å². The molecular formula is C24H23N5O2. The number of benzene rings is 3. The molecule has 3 aromatic carbocycles. The lowest BCUT2D eigenvalue weighted by molar-refractivity contribution is 0.251. The van der Waals surface area contributed by atoms with Crippen LogP contribution in [-0.4, -0.2) is 26.9 Å². The van der Waals surface area contributed by atoms with Crippen molar-refractivity contribution in [3.8, 4) is 5.69 Å². The minimum absolute atomic E-state index is 0.177. The van der Waals surface area contributed by atoms with Gasteiger partial charge in [-0.2, -0.15) is 5.10 Å². The Kier molecular flexibility index (Phi) is 5.00. The van der Waals surface area contributed by atoms with E-state index in [0.29, 0.717) is 19.0 Å². The number of para-hydroxylation sites is 1. The quantitative estimate of drug-likeness (QED) is 0.503. The maximum absolute atomic E-state index is 13.0. The number of fused-ring (bicyclic) bond motifs is 1. The lowest BCUT2D eigenvalue weighted by Crippen LogP contribution is -2.34. The van der Waals surface area contributed by atoms with Crippen molar-refractivity contribution >= 4 is 22.5 Å². The van der Waals surface area contributed by atoms with E-state index in [2.05, 4.69) is 15.7 Å². The highest BCUT2D eigenvalue weighted by Crippen LogP contribution is 2.39. The topological polar surface area (TPSA) is 81.0 Å². The Morgan fingerprint density at radius 3 is 2.52 bits per heavy atom. The van der Waals surface area contributed by atoms with E-state index in [0.717, 1.165) is 40.8 Å². The molecule has 0 spiro atoms. The van der Waals surface area contributed by atoms with Gasteiger partial charge in [-0.25, -0.2) is 18.8 Å². The van der Waals surface area contributed by atoms with E-state index in [1.807, 2.05) is 72.8 Å². The van der Waals surface area contributed by atoms with Crippen molar-refractivity contribution in [3.05, 3.63) is 89.1 Å². The van der Waals surface area contributed by atoms with Gasteiger partial charge >= 0.3 is 11.7 Å². The summed E-state index contributed by atoms with van der Waals surface area (Å²) >= 11 is 0. The van der Waals surface area contributed by atoms with Gasteiger partial charge in [0.25, 0.3) is 0 Å². The number of aromatic nitrogens is 3. The normalized spacial score (nSPS) is 13.3. The highest BCUT2D eigenvalue weighted by atomic mass is 16.2. The Morgan fingerprint density at radius 1 is 0.968 bits per heavy atom. The van der Waals surface area contributed by atoms with Crippen LogP contribution in [0.3, 0.4) is 0 Å². The Balaban J connectivity index is 1.27. The molecule has 31 heavy (non-hydrogen) atoms. The zero-order valence-corrected chi connectivity index (χ0v) is 17.0. The molecule has 0 saturated heterocycles. The van der Waals surface area contributed by atoms with Gasteiger partial charge in [0.15, 0.2) is 0 Å². The van der Waals surface area contributed by atoms with Crippen molar-refractivity contribution in [1.29, 1.82) is 0 Å². The molecule has 0 bridgehead atoms. The molecule has 2 amide bonds. The minimum Gasteiger partial charge on any atom is -0.336 e. The second-order valence-electron chi connectivity index (χ2n) is 7.72. The van der Waals surface area contributed by atoms with Gasteiger partial charge in [-0.05, 0) is 36.4 Å². The van der Waals surface area contributed by atoms with Crippen LogP contribution in [0.25, 0.3) is 16.5 Å². The molecule has 7 heteroatoms. The summed E-state index contributed by atoms with van der Waals surface area (Å²) in [5, 5.41) is 12.3. The lowest BCUT2D eigenvalue weighted by atomic mass is 10.1. The second kappa shape index (κ2) is 8.10. The first kappa shape index (κ1) is 19.1. The highest BCUT2D eigenvalue weighted by molar-refractivity contribution is 6.01. The lowest BCUT2D eigenvalue weighted by Gasteiger charge is -2.10. The smallest absolute Gasteiger partial charge is 0.336 e. The van der Waals surface area contributed by atoms with Crippen molar-refractivity contribution in [2.24, 2.45) is 0 Å². The van der Waals surface area contributed by atoms with Crippen LogP contribution < -0.4 is 16.3 Å². The summed E-state index contributed by atoms with van der Waals surface area (Å²) < 4.78 is 3.13. The van der Waals surface area contributed by atoms with E-state index in [1.54, 1.807) is 4.57 Å². The Labute approximate surface area is 179 Å². The third kappa shape index (κ3) is 3.94. The van der Waals surface area contributed by atoms with Crippen molar-refractivity contribution in [3.63, 3.8) is 0 Å². The molecule has 4 aromatic rings. The monoisotopic (exact) mass is 413 g/mol. The number of amides is 2. The van der Waals surface area contributed by atoms with Crippen LogP contribution in [0.4, 0.5) is 10.5 Å². The molecule has 0 atom stereocenters. The van der Waals surface area contributed by atoms with Gasteiger partial charge in [-0.15, -0.1) is 0 Å². The molecule has 1 heterocycles. The summed E-state index contributed by atoms with van der Waals surface area (Å²) in [5.41, 5.74) is 1.39. The number of rotatable bonds is 6. The number of nitrogens with zero attached hydrogens (tertiary/aromatic N) is 3. The number of carbonyl (C=O) groups excluding carboxylic acids is 1. The van der Waals surface area contributed by atoms with Crippen LogP contribution in [0.5, 0.6) is 0 Å². The Hall–Kier alpha value is -3.87. The maximum Gasteiger partial charge on any atom is 0.350 e. The standard InChI is InChI=1S/C24H23N5O2/c30-23(26-21-12-6-8-17-7-4-5-11-20(17)21)25-15-16-28-24(31)29(19-9-2-1-3-10-19)22(27-28)18-13-14-18/h1-12,18H,13-16H2,(H2,25,26,30). The van der Waals surface area contributed by atoms with Crippen LogP contribution >= 0.6 is 0 Å². The van der Waals surface area contributed by atoms with Crippen LogP contribution in [0.1, 0.15) is 24.6 Å². The molecule has 0 aliphatic heterocycles. The van der Waals surface area contributed by atoms with Gasteiger partial charge in [-0.1, -0.05) is 54.6 Å². The fourth-order valence-corrected chi connectivity index (χ4v) is 3.77. The van der Waals surface area contributed by atoms with E-state index >= 15 is 0 Å². The van der Waals surface area contributed by atoms with Crippen LogP contribution in [0.15, 0.2) is 77.6 Å². The first-order valence-corrected chi connectivity index (χ1v) is 10.5. The van der Waals surface area contributed by atoms with Gasteiger partial charge in [0.2, 0.25) is 0 Å². The van der Waals surface area contributed by atoms with E-state index in [-0.39, 0.29) is 11.7 Å². The predicted octanol–water partition coefficient (Wildman–Crippen LogP) is 3.89. The molecule has 5 rings (SSSR count). The van der Waals surface area contributed by atoms with Crippen molar-refractivity contribution in [2.45, 2.75) is 25.3 Å². The summed E-state index contributed by atoms with van der Waals surface area (Å²) in [6, 6.07) is 22.9. The fraction of sp³-hybridized carbons (Fsp3) is 0.208. The highest BCUT2D eigenvalue weighted by Gasteiger charge is 2.31. The molecule has 1 aromatic heterocycles. The molecular weight excluding hydrogens is 390 g/mol. The van der Waals surface area contributed by atoms with Crippen molar-refractivity contribution < 1.29 is 4.79 Å². The van der Waals surface area contributed by atoms with Gasteiger partial charge < -0.3 is 10.6 Å². The molecule has 1 saturated carbocycles. The zero-order chi connectivity index (χ0) is 21.2. The summed E-state index contributed by atoms with van der Waals surface area (Å²) in [4.78, 5) is 25.4. The summed E-state index contributed by atoms with van der Waals surface area (Å²) in [7, 11) is 0. The average molecular weight is 413 g/mol. The molecule has 0 unspecified atom stereocenters. The first-order valence-electron chi connectivity index (χ1n) is 10.5. The Morgan fingerprint density at radius 2 is 1.71 bits per heavy atom. The second-order valence-corrected chi connectivity index (χ2v) is 7.72. The van der Waals surface area contributed by atoms with Gasteiger partial charge in [0, 0.05) is 17.8 Å². The largest absolute Gasteiger partial charge is 0.350 e. The Bertz CT molecular complexity index is 1280. The zero-order valence-electron chi connectivity index (χ0n) is 17.0. The molecule has 7 nitrogen and oxygen atoms in total. The summed E-state index contributed by atoms with van der Waals surface area (Å²) in [6.45, 7) is 0.605. The number of hydrogen-bond donors (Lipinski definition) is 2. The number of anilines is 1. The van der Waals surface area contributed by atoms with Crippen LogP contribution in [-0.2, 0) is 6.54 Å². The van der Waals surface area contributed by atoms with Crippen LogP contribution in [0.2, 0.25) is 0 Å². The summed E-state index contributed by atoms with van der Waals surface area (Å²) in [6.07, 6.45) is 2.10. The summed E-state index contributed by atoms with van der Waals surface area (Å²) in [5.74, 6) is 1.13. The predicted molar refractivity (Wildman–Crippen MR) is 121 cm³/mol. The molecule has 1 aliphatic rings. The van der Waals surface area contributed by atoms with Gasteiger partial charge in [0.05, 0.1) is 17.9 Å². The van der Waals surface area contributed by atoms with E-state index in [9.17, 15) is 9.59 Å². The molecule has 1 aliphatic carbocycles. The molecule has 156 valence electrons. The molecule has 2 N–H and O–H groups in total. The average Bonchev–Trinajstić information content (AvgIpc) is 3.59. The maximum atomic E-state index is 13.0. The molecule has 0 radical (unpaired) electrons. The SMILES string of the molecule is O=C(NCCn1nc(C2CC2)n(-c2ccccc2)c1=O)Nc1cccc2ccccc12. The van der Waals surface area contributed by atoms with Crippen molar-refractivity contribution in [2.75, 3.05) is 11.9 Å². The van der Waals surface area contributed by atoms with Crippen LogP contribution in [0, 0.1) is 0 Å². The minimum atomic E-state index is -0.311. The van der Waals surface area contributed by atoms with Crippen molar-refractivity contribution in [1.82, 2.24) is 19.7 Å². The van der Waals surface area contributed by atoms with Gasteiger partial charge in [0.1, 0.15) is 5.82 Å². The third-order valence-electron chi connectivity index (χ3n) is 5.47. The number of urea groups is 1. The molecule has 1 fully saturated rings. The van der Waals surface area contributed by atoms with Gasteiger partial charge in [-0.3, -0.25) is 0 Å². The van der Waals surface area contributed by atoms with E-state index in [1.165, 1.54) is 4.68 Å². The number of carbonyl (C=O) groups is 1. The first-order chi connectivity index (χ1) is 15.2. The number of nitrogens with one attached hydrogen (secondary N) is 2. The number of hydrogen-bond acceptors (Lipinski definition) is 3.